The summed E-state index contributed by atoms with van der Waals surface area (Å²) in [5, 5.41) is 12.2. The predicted molar refractivity (Wildman–Crippen MR) is 60.1 cm³/mol. The van der Waals surface area contributed by atoms with Gasteiger partial charge in [-0.05, 0) is 32.5 Å². The fourth-order valence-corrected chi connectivity index (χ4v) is 1.42. The molecule has 0 amide bonds. The molecular formula is C11H23N3. The van der Waals surface area contributed by atoms with E-state index in [1.54, 1.807) is 0 Å². The van der Waals surface area contributed by atoms with Crippen LogP contribution in [-0.4, -0.2) is 37.1 Å². The molecule has 0 aliphatic rings. The van der Waals surface area contributed by atoms with Crippen molar-refractivity contribution in [1.82, 2.24) is 10.2 Å². The molecule has 0 rings (SSSR count). The minimum atomic E-state index is -0.0125. The third-order valence-electron chi connectivity index (χ3n) is 2.22. The first kappa shape index (κ1) is 13.4. The lowest BCUT2D eigenvalue weighted by atomic mass is 10.2. The largest absolute Gasteiger partial charge is 0.301 e. The minimum Gasteiger partial charge on any atom is -0.301 e. The van der Waals surface area contributed by atoms with Crippen LogP contribution in [0.4, 0.5) is 0 Å². The predicted octanol–water partition coefficient (Wildman–Crippen LogP) is 1.61. The van der Waals surface area contributed by atoms with E-state index in [1.165, 1.54) is 0 Å². The molecular weight excluding hydrogens is 174 g/mol. The van der Waals surface area contributed by atoms with Crippen molar-refractivity contribution < 1.29 is 0 Å². The molecule has 0 spiro atoms. The molecule has 82 valence electrons. The summed E-state index contributed by atoms with van der Waals surface area (Å²) >= 11 is 0. The highest BCUT2D eigenvalue weighted by molar-refractivity contribution is 4.91. The maximum absolute atomic E-state index is 8.93. The van der Waals surface area contributed by atoms with Crippen LogP contribution in [0.1, 0.15) is 33.6 Å². The maximum atomic E-state index is 8.93. The highest BCUT2D eigenvalue weighted by atomic mass is 15.1. The van der Waals surface area contributed by atoms with E-state index < -0.39 is 0 Å². The van der Waals surface area contributed by atoms with Gasteiger partial charge in [0.15, 0.2) is 0 Å². The van der Waals surface area contributed by atoms with Gasteiger partial charge in [0.1, 0.15) is 6.04 Å². The van der Waals surface area contributed by atoms with Crippen molar-refractivity contribution in [3.63, 3.8) is 0 Å². The van der Waals surface area contributed by atoms with Crippen LogP contribution in [0.3, 0.4) is 0 Å². The second-order valence-electron chi connectivity index (χ2n) is 3.53. The van der Waals surface area contributed by atoms with Crippen LogP contribution in [0, 0.1) is 11.3 Å². The Balaban J connectivity index is 3.82. The van der Waals surface area contributed by atoms with Gasteiger partial charge in [-0.1, -0.05) is 20.8 Å². The third kappa shape index (κ3) is 5.95. The molecule has 0 aromatic rings. The molecule has 1 atom stereocenters. The summed E-state index contributed by atoms with van der Waals surface area (Å²) in [7, 11) is 0. The van der Waals surface area contributed by atoms with Gasteiger partial charge in [0, 0.05) is 6.54 Å². The van der Waals surface area contributed by atoms with E-state index in [4.69, 9.17) is 5.26 Å². The van der Waals surface area contributed by atoms with Crippen molar-refractivity contribution in [1.29, 1.82) is 5.26 Å². The quantitative estimate of drug-likeness (QED) is 0.642. The normalized spacial score (nSPS) is 12.8. The molecule has 0 aliphatic carbocycles. The number of nitrogens with zero attached hydrogens (tertiary/aromatic N) is 2. The van der Waals surface area contributed by atoms with Gasteiger partial charge in [-0.3, -0.25) is 0 Å². The summed E-state index contributed by atoms with van der Waals surface area (Å²) in [6.07, 6.45) is 2.23. The summed E-state index contributed by atoms with van der Waals surface area (Å²) in [5.41, 5.74) is 0. The Morgan fingerprint density at radius 3 is 2.43 bits per heavy atom. The van der Waals surface area contributed by atoms with Crippen LogP contribution >= 0.6 is 0 Å². The molecule has 0 fully saturated rings. The number of nitriles is 1. The van der Waals surface area contributed by atoms with E-state index in [2.05, 4.69) is 37.1 Å². The minimum absolute atomic E-state index is 0.0125. The summed E-state index contributed by atoms with van der Waals surface area (Å²) in [4.78, 5) is 2.32. The molecule has 1 N–H and O–H groups in total. The fraction of sp³-hybridized carbons (Fsp3) is 0.909. The molecule has 3 nitrogen and oxygen atoms in total. The van der Waals surface area contributed by atoms with Gasteiger partial charge in [0.25, 0.3) is 0 Å². The zero-order chi connectivity index (χ0) is 10.8. The van der Waals surface area contributed by atoms with Crippen molar-refractivity contribution in [2.45, 2.75) is 39.7 Å². The van der Waals surface area contributed by atoms with Crippen LogP contribution in [0.2, 0.25) is 0 Å². The van der Waals surface area contributed by atoms with E-state index in [1.807, 2.05) is 0 Å². The summed E-state index contributed by atoms with van der Waals surface area (Å²) in [6.45, 7) is 10.3. The molecule has 0 saturated carbocycles. The maximum Gasteiger partial charge on any atom is 0.108 e. The van der Waals surface area contributed by atoms with Crippen LogP contribution in [0.15, 0.2) is 0 Å². The average molecular weight is 197 g/mol. The number of nitrogens with one attached hydrogen (secondary N) is 1. The number of hydrogen-bond donors (Lipinski definition) is 1. The zero-order valence-corrected chi connectivity index (χ0v) is 9.71. The second-order valence-corrected chi connectivity index (χ2v) is 3.53. The Hall–Kier alpha value is -0.590. The third-order valence-corrected chi connectivity index (χ3v) is 2.22. The van der Waals surface area contributed by atoms with Crippen molar-refractivity contribution >= 4 is 0 Å². The topological polar surface area (TPSA) is 39.1 Å². The molecule has 0 heterocycles. The Labute approximate surface area is 88.1 Å². The Morgan fingerprint density at radius 2 is 2.00 bits per heavy atom. The summed E-state index contributed by atoms with van der Waals surface area (Å²) in [5.74, 6) is 0. The Morgan fingerprint density at radius 1 is 1.29 bits per heavy atom. The number of hydrogen-bond acceptors (Lipinski definition) is 3. The van der Waals surface area contributed by atoms with Crippen molar-refractivity contribution in [2.75, 3.05) is 26.2 Å². The Kier molecular flexibility index (Phi) is 8.61. The molecule has 14 heavy (non-hydrogen) atoms. The van der Waals surface area contributed by atoms with Gasteiger partial charge in [-0.15, -0.1) is 0 Å². The fourth-order valence-electron chi connectivity index (χ4n) is 1.42. The Bertz CT molecular complexity index is 162. The lowest BCUT2D eigenvalue weighted by Crippen LogP contribution is -2.40. The van der Waals surface area contributed by atoms with Gasteiger partial charge < -0.3 is 10.2 Å². The highest BCUT2D eigenvalue weighted by Crippen LogP contribution is 1.94. The molecule has 0 aromatic carbocycles. The van der Waals surface area contributed by atoms with E-state index >= 15 is 0 Å². The lowest BCUT2D eigenvalue weighted by Gasteiger charge is -2.22. The average Bonchev–Trinajstić information content (AvgIpc) is 2.22. The van der Waals surface area contributed by atoms with Crippen molar-refractivity contribution in [3.8, 4) is 6.07 Å². The first-order valence-corrected chi connectivity index (χ1v) is 5.63. The molecule has 0 saturated heterocycles. The molecule has 1 unspecified atom stereocenters. The van der Waals surface area contributed by atoms with E-state index in [0.29, 0.717) is 0 Å². The van der Waals surface area contributed by atoms with Gasteiger partial charge in [0.05, 0.1) is 6.07 Å². The van der Waals surface area contributed by atoms with Crippen LogP contribution < -0.4 is 5.32 Å². The molecule has 0 radical (unpaired) electrons. The van der Waals surface area contributed by atoms with Crippen LogP contribution in [-0.2, 0) is 0 Å². The molecule has 0 aliphatic heterocycles. The zero-order valence-electron chi connectivity index (χ0n) is 9.71. The van der Waals surface area contributed by atoms with E-state index in [9.17, 15) is 0 Å². The van der Waals surface area contributed by atoms with E-state index in [-0.39, 0.29) is 6.04 Å². The lowest BCUT2D eigenvalue weighted by molar-refractivity contribution is 0.271. The highest BCUT2D eigenvalue weighted by Gasteiger charge is 2.10. The number of likely N-dealkylation sites (N-methyl/N-ethyl adjacent to an activating group) is 1. The van der Waals surface area contributed by atoms with Crippen molar-refractivity contribution in [2.24, 2.45) is 0 Å². The van der Waals surface area contributed by atoms with Gasteiger partial charge in [0.2, 0.25) is 0 Å². The van der Waals surface area contributed by atoms with Gasteiger partial charge >= 0.3 is 0 Å². The summed E-state index contributed by atoms with van der Waals surface area (Å²) in [6, 6.07) is 2.29. The van der Waals surface area contributed by atoms with E-state index in [0.717, 1.165) is 39.0 Å². The summed E-state index contributed by atoms with van der Waals surface area (Å²) < 4.78 is 0. The standard InChI is InChI=1S/C11H23N3/c1-4-7-13-11(9-12)10-14(6-3)8-5-2/h11,13H,4-8,10H2,1-3H3. The van der Waals surface area contributed by atoms with Crippen molar-refractivity contribution in [3.05, 3.63) is 0 Å². The molecule has 0 aromatic heterocycles. The SMILES string of the molecule is CCCNC(C#N)CN(CC)CCC. The van der Waals surface area contributed by atoms with Crippen LogP contribution in [0.5, 0.6) is 0 Å². The monoisotopic (exact) mass is 197 g/mol. The van der Waals surface area contributed by atoms with Crippen LogP contribution in [0.25, 0.3) is 0 Å². The molecule has 3 heteroatoms. The van der Waals surface area contributed by atoms with Gasteiger partial charge in [-0.25, -0.2) is 0 Å². The molecule has 0 bridgehead atoms. The number of rotatable bonds is 8. The van der Waals surface area contributed by atoms with Gasteiger partial charge in [-0.2, -0.15) is 5.26 Å². The second kappa shape index (κ2) is 8.98. The first-order chi connectivity index (χ1) is 6.78. The smallest absolute Gasteiger partial charge is 0.108 e. The first-order valence-electron chi connectivity index (χ1n) is 5.63.